The quantitative estimate of drug-likeness (QED) is 0.326. The molecule has 1 spiro atoms. The van der Waals surface area contributed by atoms with Gasteiger partial charge in [-0.05, 0) is 42.3 Å². The molecule has 0 aromatic heterocycles. The van der Waals surface area contributed by atoms with Crippen molar-refractivity contribution in [2.24, 2.45) is 0 Å². The highest BCUT2D eigenvalue weighted by Crippen LogP contribution is 2.55. The second-order valence-corrected chi connectivity index (χ2v) is 11.9. The number of halogens is 1. The minimum atomic E-state index is -1.23. The molecular weight excluding hydrogens is 564 g/mol. The number of rotatable bonds is 7. The number of fused-ring (bicyclic) bond motifs is 2. The predicted molar refractivity (Wildman–Crippen MR) is 159 cm³/mol. The van der Waals surface area contributed by atoms with Gasteiger partial charge in [-0.15, -0.1) is 16.8 Å². The van der Waals surface area contributed by atoms with Crippen LogP contribution in [0.1, 0.15) is 16.7 Å². The summed E-state index contributed by atoms with van der Waals surface area (Å²) in [7, 11) is 0. The number of carbonyl (C=O) groups is 2. The Balaban J connectivity index is 1.28. The molecule has 3 heterocycles. The standard InChI is InChI=1S/C29H29ClN6O4S/c1-20-15-22(11-12-24(20)30)35-27(37)18-41-29(35)23-9-5-6-10-25(23)33(28(29)38)19-32-13-14-34(36(39)40)26(17-32)31-16-21-7-3-2-4-8-21/h2-12,15,26,31H,13-14,16-19H2,1H3. The SMILES string of the molecule is Cc1cc(N2C(=O)CSC23C(=O)N(CN2CCN([N+](=O)[O-])C(NCc4ccccc4)C2)c2ccccc23)ccc1Cl. The van der Waals surface area contributed by atoms with Gasteiger partial charge in [0.1, 0.15) is 0 Å². The Bertz CT molecular complexity index is 1510. The van der Waals surface area contributed by atoms with Gasteiger partial charge in [-0.25, -0.2) is 10.1 Å². The number of nitrogens with zero attached hydrogens (tertiary/aromatic N) is 5. The first-order chi connectivity index (χ1) is 19.8. The Morgan fingerprint density at radius 2 is 1.83 bits per heavy atom. The normalized spacial score (nSPS) is 22.6. The Morgan fingerprint density at radius 1 is 1.07 bits per heavy atom. The number of benzene rings is 3. The van der Waals surface area contributed by atoms with E-state index < -0.39 is 11.0 Å². The molecule has 2 saturated heterocycles. The van der Waals surface area contributed by atoms with E-state index in [0.717, 1.165) is 22.4 Å². The molecule has 41 heavy (non-hydrogen) atoms. The zero-order valence-electron chi connectivity index (χ0n) is 22.4. The molecule has 0 saturated carbocycles. The summed E-state index contributed by atoms with van der Waals surface area (Å²) in [5, 5.41) is 16.6. The monoisotopic (exact) mass is 592 g/mol. The van der Waals surface area contributed by atoms with Crippen molar-refractivity contribution in [1.29, 1.82) is 0 Å². The Hall–Kier alpha value is -3.64. The van der Waals surface area contributed by atoms with Gasteiger partial charge in [0.25, 0.3) is 5.91 Å². The number of amides is 2. The van der Waals surface area contributed by atoms with Crippen molar-refractivity contribution in [3.63, 3.8) is 0 Å². The molecule has 2 amide bonds. The van der Waals surface area contributed by atoms with E-state index >= 15 is 0 Å². The third-order valence-electron chi connectivity index (χ3n) is 7.84. The molecule has 1 N–H and O–H groups in total. The number of anilines is 2. The van der Waals surface area contributed by atoms with Gasteiger partial charge in [-0.1, -0.05) is 60.1 Å². The van der Waals surface area contributed by atoms with Crippen molar-refractivity contribution < 1.29 is 14.6 Å². The van der Waals surface area contributed by atoms with E-state index in [0.29, 0.717) is 30.3 Å². The van der Waals surface area contributed by atoms with Crippen molar-refractivity contribution in [3.8, 4) is 0 Å². The van der Waals surface area contributed by atoms with Crippen LogP contribution in [0.2, 0.25) is 5.02 Å². The first-order valence-electron chi connectivity index (χ1n) is 13.3. The van der Waals surface area contributed by atoms with Crippen molar-refractivity contribution in [1.82, 2.24) is 15.2 Å². The van der Waals surface area contributed by atoms with E-state index in [1.165, 1.54) is 16.8 Å². The van der Waals surface area contributed by atoms with E-state index in [-0.39, 0.29) is 35.8 Å². The van der Waals surface area contributed by atoms with Gasteiger partial charge in [0.05, 0.1) is 24.7 Å². The van der Waals surface area contributed by atoms with Crippen LogP contribution >= 0.6 is 23.4 Å². The van der Waals surface area contributed by atoms with Gasteiger partial charge >= 0.3 is 0 Å². The molecule has 3 aliphatic rings. The second kappa shape index (κ2) is 11.0. The predicted octanol–water partition coefficient (Wildman–Crippen LogP) is 3.81. The Morgan fingerprint density at radius 3 is 2.59 bits per heavy atom. The fourth-order valence-corrected chi connectivity index (χ4v) is 7.30. The number of hydrogen-bond acceptors (Lipinski definition) is 7. The summed E-state index contributed by atoms with van der Waals surface area (Å²) in [5.74, 6) is -0.179. The number of nitro groups is 1. The summed E-state index contributed by atoms with van der Waals surface area (Å²) in [6, 6.07) is 22.7. The molecule has 0 radical (unpaired) electrons. The zero-order valence-corrected chi connectivity index (χ0v) is 24.0. The van der Waals surface area contributed by atoms with Gasteiger partial charge in [0.2, 0.25) is 10.8 Å². The van der Waals surface area contributed by atoms with Gasteiger partial charge in [-0.2, -0.15) is 0 Å². The van der Waals surface area contributed by atoms with Gasteiger partial charge in [-0.3, -0.25) is 29.6 Å². The number of nitrogens with one attached hydrogen (secondary N) is 1. The number of hydrazine groups is 1. The maximum absolute atomic E-state index is 14.4. The van der Waals surface area contributed by atoms with Crippen LogP contribution in [0.25, 0.3) is 0 Å². The lowest BCUT2D eigenvalue weighted by Crippen LogP contribution is -2.62. The van der Waals surface area contributed by atoms with Crippen molar-refractivity contribution in [3.05, 3.63) is 105 Å². The zero-order chi connectivity index (χ0) is 28.7. The molecule has 12 heteroatoms. The summed E-state index contributed by atoms with van der Waals surface area (Å²) in [4.78, 5) is 43.7. The van der Waals surface area contributed by atoms with E-state index in [2.05, 4.69) is 10.2 Å². The highest BCUT2D eigenvalue weighted by atomic mass is 35.5. The van der Waals surface area contributed by atoms with Crippen LogP contribution < -0.4 is 15.1 Å². The third kappa shape index (κ3) is 4.82. The van der Waals surface area contributed by atoms with Gasteiger partial charge in [0.15, 0.2) is 11.2 Å². The molecule has 212 valence electrons. The van der Waals surface area contributed by atoms with E-state index in [1.54, 1.807) is 21.9 Å². The lowest BCUT2D eigenvalue weighted by atomic mass is 10.0. The topological polar surface area (TPSA) is 102 Å². The van der Waals surface area contributed by atoms with E-state index in [9.17, 15) is 19.7 Å². The van der Waals surface area contributed by atoms with Crippen LogP contribution in [0.15, 0.2) is 72.8 Å². The molecule has 2 unspecified atom stereocenters. The summed E-state index contributed by atoms with van der Waals surface area (Å²) in [6.07, 6.45) is -0.545. The lowest BCUT2D eigenvalue weighted by Gasteiger charge is -2.39. The van der Waals surface area contributed by atoms with Crippen LogP contribution in [0.3, 0.4) is 0 Å². The highest BCUT2D eigenvalue weighted by molar-refractivity contribution is 8.02. The minimum Gasteiger partial charge on any atom is -0.295 e. The molecule has 3 aromatic rings. The summed E-state index contributed by atoms with van der Waals surface area (Å²) < 4.78 is 0. The Labute approximate surface area is 247 Å². The maximum Gasteiger partial charge on any atom is 0.269 e. The van der Waals surface area contributed by atoms with Crippen LogP contribution in [-0.2, 0) is 21.0 Å². The number of carbonyl (C=O) groups excluding carboxylic acids is 2. The van der Waals surface area contributed by atoms with Gasteiger partial charge in [0, 0.05) is 35.9 Å². The van der Waals surface area contributed by atoms with Crippen molar-refractivity contribution >= 4 is 46.6 Å². The molecule has 3 aromatic carbocycles. The average Bonchev–Trinajstić information content (AvgIpc) is 3.44. The number of para-hydroxylation sites is 1. The Kier molecular flexibility index (Phi) is 7.37. The largest absolute Gasteiger partial charge is 0.295 e. The molecule has 2 atom stereocenters. The molecule has 0 bridgehead atoms. The molecular formula is C29H29ClN6O4S. The summed E-state index contributed by atoms with van der Waals surface area (Å²) in [6.45, 7) is 3.56. The minimum absolute atomic E-state index is 0.147. The smallest absolute Gasteiger partial charge is 0.269 e. The molecule has 10 nitrogen and oxygen atoms in total. The molecule has 3 aliphatic heterocycles. The van der Waals surface area contributed by atoms with Crippen LogP contribution in [0.5, 0.6) is 0 Å². The van der Waals surface area contributed by atoms with Crippen LogP contribution in [-0.4, -0.2) is 65.0 Å². The highest BCUT2D eigenvalue weighted by Gasteiger charge is 2.61. The van der Waals surface area contributed by atoms with Crippen molar-refractivity contribution in [2.75, 3.05) is 41.9 Å². The van der Waals surface area contributed by atoms with E-state index in [1.807, 2.05) is 67.6 Å². The summed E-state index contributed by atoms with van der Waals surface area (Å²) >= 11 is 7.60. The van der Waals surface area contributed by atoms with E-state index in [4.69, 9.17) is 11.6 Å². The lowest BCUT2D eigenvalue weighted by molar-refractivity contribution is -0.668. The number of piperazine rings is 1. The first kappa shape index (κ1) is 27.5. The second-order valence-electron chi connectivity index (χ2n) is 10.3. The fourth-order valence-electron chi connectivity index (χ4n) is 5.82. The van der Waals surface area contributed by atoms with Crippen LogP contribution in [0.4, 0.5) is 11.4 Å². The first-order valence-corrected chi connectivity index (χ1v) is 14.7. The van der Waals surface area contributed by atoms with Gasteiger partial charge < -0.3 is 0 Å². The fraction of sp³-hybridized carbons (Fsp3) is 0.310. The number of thioether (sulfide) groups is 1. The summed E-state index contributed by atoms with van der Waals surface area (Å²) in [5.41, 5.74) is 3.96. The average molecular weight is 593 g/mol. The maximum atomic E-state index is 14.4. The molecule has 0 aliphatic carbocycles. The molecule has 2 fully saturated rings. The molecule has 6 rings (SSSR count). The van der Waals surface area contributed by atoms with Crippen LogP contribution in [0, 0.1) is 17.0 Å². The number of hydrogen-bond donors (Lipinski definition) is 1. The van der Waals surface area contributed by atoms with Crippen molar-refractivity contribution in [2.45, 2.75) is 24.5 Å². The number of aryl methyl sites for hydroxylation is 1. The third-order valence-corrected chi connectivity index (χ3v) is 9.65.